The molecular weight excluding hydrogens is 168 g/mol. The van der Waals surface area contributed by atoms with Crippen molar-refractivity contribution in [2.24, 2.45) is 11.1 Å². The molecule has 0 atom stereocenters. The van der Waals surface area contributed by atoms with E-state index in [-0.39, 0.29) is 0 Å². The Morgan fingerprint density at radius 3 is 2.67 bits per heavy atom. The summed E-state index contributed by atoms with van der Waals surface area (Å²) in [5, 5.41) is 0. The average molecular weight is 186 g/mol. The molecule has 1 aliphatic heterocycles. The predicted molar refractivity (Wildman–Crippen MR) is 56.2 cm³/mol. The summed E-state index contributed by atoms with van der Waals surface area (Å²) in [4.78, 5) is 3.08. The largest absolute Gasteiger partial charge is 0.393 e. The summed E-state index contributed by atoms with van der Waals surface area (Å²) >= 11 is 4.84. The molecule has 1 heterocycles. The van der Waals surface area contributed by atoms with Gasteiger partial charge in [0, 0.05) is 19.5 Å². The maximum Gasteiger partial charge on any atom is 0.0740 e. The summed E-state index contributed by atoms with van der Waals surface area (Å²) in [5.41, 5.74) is 5.94. The molecule has 1 saturated heterocycles. The van der Waals surface area contributed by atoms with E-state index in [4.69, 9.17) is 18.0 Å². The second-order valence-corrected chi connectivity index (χ2v) is 4.93. The number of rotatable bonds is 3. The monoisotopic (exact) mass is 186 g/mol. The molecule has 0 spiro atoms. The van der Waals surface area contributed by atoms with Crippen LogP contribution in [0.25, 0.3) is 0 Å². The van der Waals surface area contributed by atoms with Crippen molar-refractivity contribution in [1.82, 2.24) is 4.90 Å². The molecule has 12 heavy (non-hydrogen) atoms. The molecule has 0 aromatic rings. The Balaban J connectivity index is 2.24. The number of nitrogens with zero attached hydrogens (tertiary/aromatic N) is 1. The van der Waals surface area contributed by atoms with Gasteiger partial charge < -0.3 is 10.6 Å². The molecule has 70 valence electrons. The summed E-state index contributed by atoms with van der Waals surface area (Å²) in [7, 11) is 0. The van der Waals surface area contributed by atoms with E-state index >= 15 is 0 Å². The van der Waals surface area contributed by atoms with Gasteiger partial charge in [0.1, 0.15) is 0 Å². The highest BCUT2D eigenvalue weighted by atomic mass is 32.1. The number of thiocarbonyl (C=S) groups is 1. The third-order valence-electron chi connectivity index (χ3n) is 2.43. The molecule has 0 bridgehead atoms. The van der Waals surface area contributed by atoms with E-state index < -0.39 is 0 Å². The first-order valence-electron chi connectivity index (χ1n) is 4.50. The van der Waals surface area contributed by atoms with Crippen LogP contribution in [0.15, 0.2) is 0 Å². The molecule has 0 unspecified atom stereocenters. The Hall–Kier alpha value is -0.150. The van der Waals surface area contributed by atoms with E-state index in [1.165, 1.54) is 19.5 Å². The van der Waals surface area contributed by atoms with Crippen LogP contribution < -0.4 is 5.73 Å². The van der Waals surface area contributed by atoms with Crippen molar-refractivity contribution in [2.75, 3.05) is 19.6 Å². The van der Waals surface area contributed by atoms with Gasteiger partial charge in [0.05, 0.1) is 4.99 Å². The van der Waals surface area contributed by atoms with Crippen molar-refractivity contribution < 1.29 is 0 Å². The van der Waals surface area contributed by atoms with Gasteiger partial charge in [0.2, 0.25) is 0 Å². The number of likely N-dealkylation sites (tertiary alicyclic amines) is 1. The van der Waals surface area contributed by atoms with E-state index in [9.17, 15) is 0 Å². The summed E-state index contributed by atoms with van der Waals surface area (Å²) in [5.74, 6) is 0. The molecule has 0 saturated carbocycles. The van der Waals surface area contributed by atoms with E-state index in [0.717, 1.165) is 13.0 Å². The van der Waals surface area contributed by atoms with Crippen LogP contribution in [0.4, 0.5) is 0 Å². The zero-order valence-corrected chi connectivity index (χ0v) is 8.78. The minimum atomic E-state index is 0.496. The van der Waals surface area contributed by atoms with Crippen molar-refractivity contribution in [3.05, 3.63) is 0 Å². The first kappa shape index (κ1) is 9.93. The van der Waals surface area contributed by atoms with Crippen molar-refractivity contribution in [1.29, 1.82) is 0 Å². The second-order valence-electron chi connectivity index (χ2n) is 4.41. The molecule has 0 radical (unpaired) electrons. The van der Waals surface area contributed by atoms with Crippen LogP contribution in [0.5, 0.6) is 0 Å². The fourth-order valence-electron chi connectivity index (χ4n) is 1.68. The molecule has 2 nitrogen and oxygen atoms in total. The summed E-state index contributed by atoms with van der Waals surface area (Å²) < 4.78 is 0. The number of nitrogens with two attached hydrogens (primary N) is 1. The minimum absolute atomic E-state index is 0.496. The topological polar surface area (TPSA) is 29.3 Å². The van der Waals surface area contributed by atoms with E-state index in [2.05, 4.69) is 18.7 Å². The molecule has 1 aliphatic rings. The van der Waals surface area contributed by atoms with Gasteiger partial charge in [-0.25, -0.2) is 0 Å². The lowest BCUT2D eigenvalue weighted by Crippen LogP contribution is -2.27. The van der Waals surface area contributed by atoms with Crippen LogP contribution in [0, 0.1) is 5.41 Å². The van der Waals surface area contributed by atoms with Crippen LogP contribution >= 0.6 is 12.2 Å². The van der Waals surface area contributed by atoms with Gasteiger partial charge in [0.15, 0.2) is 0 Å². The molecule has 3 heteroatoms. The molecule has 2 N–H and O–H groups in total. The van der Waals surface area contributed by atoms with Crippen molar-refractivity contribution in [2.45, 2.75) is 26.7 Å². The maximum absolute atomic E-state index is 5.44. The molecular formula is C9H18N2S. The Morgan fingerprint density at radius 1 is 1.58 bits per heavy atom. The highest BCUT2D eigenvalue weighted by Crippen LogP contribution is 2.28. The zero-order chi connectivity index (χ0) is 9.19. The molecule has 1 rings (SSSR count). The third-order valence-corrected chi connectivity index (χ3v) is 2.64. The Morgan fingerprint density at radius 2 is 2.25 bits per heavy atom. The minimum Gasteiger partial charge on any atom is -0.393 e. The Bertz CT molecular complexity index is 177. The smallest absolute Gasteiger partial charge is 0.0740 e. The SMILES string of the molecule is CC1(C)CCN(CCC(N)=S)C1. The molecule has 0 aliphatic carbocycles. The second kappa shape index (κ2) is 3.71. The van der Waals surface area contributed by atoms with Crippen LogP contribution in [-0.2, 0) is 0 Å². The van der Waals surface area contributed by atoms with Gasteiger partial charge >= 0.3 is 0 Å². The quantitative estimate of drug-likeness (QED) is 0.675. The third kappa shape index (κ3) is 3.07. The van der Waals surface area contributed by atoms with Crippen LogP contribution in [0.2, 0.25) is 0 Å². The van der Waals surface area contributed by atoms with Crippen LogP contribution in [0.1, 0.15) is 26.7 Å². The summed E-state index contributed by atoms with van der Waals surface area (Å²) in [6.07, 6.45) is 2.16. The lowest BCUT2D eigenvalue weighted by Gasteiger charge is -2.19. The van der Waals surface area contributed by atoms with Crippen LogP contribution in [0.3, 0.4) is 0 Å². The van der Waals surface area contributed by atoms with Crippen molar-refractivity contribution >= 4 is 17.2 Å². The van der Waals surface area contributed by atoms with Gasteiger partial charge in [-0.15, -0.1) is 0 Å². The lowest BCUT2D eigenvalue weighted by molar-refractivity contribution is 0.298. The molecule has 0 aromatic heterocycles. The standard InChI is InChI=1S/C9H18N2S/c1-9(2)4-6-11(7-9)5-3-8(10)12/h3-7H2,1-2H3,(H2,10,12). The first-order valence-corrected chi connectivity index (χ1v) is 4.91. The molecule has 0 aromatic carbocycles. The Labute approximate surface area is 80.1 Å². The van der Waals surface area contributed by atoms with Gasteiger partial charge in [-0.05, 0) is 18.4 Å². The van der Waals surface area contributed by atoms with Gasteiger partial charge in [-0.2, -0.15) is 0 Å². The average Bonchev–Trinajstić information content (AvgIpc) is 2.26. The van der Waals surface area contributed by atoms with Gasteiger partial charge in [-0.1, -0.05) is 26.1 Å². The first-order chi connectivity index (χ1) is 5.49. The van der Waals surface area contributed by atoms with Crippen LogP contribution in [-0.4, -0.2) is 29.5 Å². The Kier molecular flexibility index (Phi) is 3.07. The van der Waals surface area contributed by atoms with Crippen molar-refractivity contribution in [3.63, 3.8) is 0 Å². The lowest BCUT2D eigenvalue weighted by atomic mass is 9.93. The zero-order valence-electron chi connectivity index (χ0n) is 7.97. The predicted octanol–water partition coefficient (Wildman–Crippen LogP) is 1.39. The fourth-order valence-corrected chi connectivity index (χ4v) is 1.77. The highest BCUT2D eigenvalue weighted by molar-refractivity contribution is 7.80. The summed E-state index contributed by atoms with van der Waals surface area (Å²) in [6.45, 7) is 8.06. The van der Waals surface area contributed by atoms with E-state index in [1.54, 1.807) is 0 Å². The molecule has 1 fully saturated rings. The maximum atomic E-state index is 5.44. The summed E-state index contributed by atoms with van der Waals surface area (Å²) in [6, 6.07) is 0. The fraction of sp³-hybridized carbons (Fsp3) is 0.889. The van der Waals surface area contributed by atoms with Crippen molar-refractivity contribution in [3.8, 4) is 0 Å². The van der Waals surface area contributed by atoms with E-state index in [0.29, 0.717) is 10.4 Å². The van der Waals surface area contributed by atoms with Gasteiger partial charge in [-0.3, -0.25) is 0 Å². The number of hydrogen-bond donors (Lipinski definition) is 1. The van der Waals surface area contributed by atoms with Gasteiger partial charge in [0.25, 0.3) is 0 Å². The highest BCUT2D eigenvalue weighted by Gasteiger charge is 2.28. The normalized spacial score (nSPS) is 22.8. The number of hydrogen-bond acceptors (Lipinski definition) is 2. The molecule has 0 amide bonds. The van der Waals surface area contributed by atoms with E-state index in [1.807, 2.05) is 0 Å².